The fourth-order valence-corrected chi connectivity index (χ4v) is 1.61. The van der Waals surface area contributed by atoms with Gasteiger partial charge in [0, 0.05) is 24.3 Å². The van der Waals surface area contributed by atoms with Crippen molar-refractivity contribution in [1.29, 1.82) is 0 Å². The third-order valence-corrected chi connectivity index (χ3v) is 2.80. The van der Waals surface area contributed by atoms with Gasteiger partial charge in [0.2, 0.25) is 0 Å². The van der Waals surface area contributed by atoms with Crippen LogP contribution in [0.4, 0.5) is 4.39 Å². The highest BCUT2D eigenvalue weighted by atomic mass is 19.1. The summed E-state index contributed by atoms with van der Waals surface area (Å²) in [5, 5.41) is 0. The van der Waals surface area contributed by atoms with Crippen molar-refractivity contribution in [3.63, 3.8) is 0 Å². The van der Waals surface area contributed by atoms with Crippen molar-refractivity contribution >= 4 is 0 Å². The summed E-state index contributed by atoms with van der Waals surface area (Å²) in [6.07, 6.45) is 1.04. The third-order valence-electron chi connectivity index (χ3n) is 2.80. The molecule has 0 bridgehead atoms. The highest BCUT2D eigenvalue weighted by Gasteiger charge is 2.07. The number of benzene rings is 1. The van der Waals surface area contributed by atoms with Crippen LogP contribution in [0.25, 0.3) is 0 Å². The van der Waals surface area contributed by atoms with Gasteiger partial charge in [-0.3, -0.25) is 0 Å². The van der Waals surface area contributed by atoms with Gasteiger partial charge in [-0.2, -0.15) is 0 Å². The SMILES string of the molecule is CC(C)CCOCCOc1ccc([C@H](C)N)c(F)c1. The second-order valence-corrected chi connectivity index (χ2v) is 5.12. The van der Waals surface area contributed by atoms with E-state index in [-0.39, 0.29) is 11.9 Å². The Morgan fingerprint density at radius 3 is 2.47 bits per heavy atom. The summed E-state index contributed by atoms with van der Waals surface area (Å²) < 4.78 is 24.5. The monoisotopic (exact) mass is 269 g/mol. The summed E-state index contributed by atoms with van der Waals surface area (Å²) in [5.41, 5.74) is 6.14. The van der Waals surface area contributed by atoms with Gasteiger partial charge in [0.05, 0.1) is 6.61 Å². The average Bonchev–Trinajstić information content (AvgIpc) is 2.32. The first-order chi connectivity index (χ1) is 9.00. The fourth-order valence-electron chi connectivity index (χ4n) is 1.61. The lowest BCUT2D eigenvalue weighted by molar-refractivity contribution is 0.0924. The number of hydrogen-bond acceptors (Lipinski definition) is 3. The van der Waals surface area contributed by atoms with Gasteiger partial charge in [0.1, 0.15) is 18.2 Å². The van der Waals surface area contributed by atoms with Crippen LogP contribution < -0.4 is 10.5 Å². The summed E-state index contributed by atoms with van der Waals surface area (Å²) >= 11 is 0. The van der Waals surface area contributed by atoms with Gasteiger partial charge in [-0.15, -0.1) is 0 Å². The Morgan fingerprint density at radius 2 is 1.89 bits per heavy atom. The molecule has 108 valence electrons. The van der Waals surface area contributed by atoms with E-state index in [9.17, 15) is 4.39 Å². The first kappa shape index (κ1) is 15.9. The van der Waals surface area contributed by atoms with E-state index < -0.39 is 0 Å². The summed E-state index contributed by atoms with van der Waals surface area (Å²) in [6.45, 7) is 7.74. The lowest BCUT2D eigenvalue weighted by Gasteiger charge is -2.11. The van der Waals surface area contributed by atoms with E-state index in [1.54, 1.807) is 19.1 Å². The zero-order chi connectivity index (χ0) is 14.3. The molecule has 0 aliphatic heterocycles. The van der Waals surface area contributed by atoms with E-state index in [1.807, 2.05) is 0 Å². The quantitative estimate of drug-likeness (QED) is 0.736. The van der Waals surface area contributed by atoms with Gasteiger partial charge in [-0.1, -0.05) is 19.9 Å². The lowest BCUT2D eigenvalue weighted by atomic mass is 10.1. The maximum Gasteiger partial charge on any atom is 0.131 e. The van der Waals surface area contributed by atoms with Crippen LogP contribution in [0.15, 0.2) is 18.2 Å². The molecule has 19 heavy (non-hydrogen) atoms. The molecule has 0 aliphatic rings. The van der Waals surface area contributed by atoms with E-state index in [0.29, 0.717) is 30.4 Å². The zero-order valence-corrected chi connectivity index (χ0v) is 12.0. The molecule has 0 radical (unpaired) electrons. The van der Waals surface area contributed by atoms with Crippen molar-refractivity contribution in [3.05, 3.63) is 29.6 Å². The molecule has 0 saturated carbocycles. The van der Waals surface area contributed by atoms with E-state index in [1.165, 1.54) is 6.07 Å². The van der Waals surface area contributed by atoms with Gasteiger partial charge in [-0.25, -0.2) is 4.39 Å². The number of nitrogens with two attached hydrogens (primary N) is 1. The predicted molar refractivity (Wildman–Crippen MR) is 74.8 cm³/mol. The van der Waals surface area contributed by atoms with Crippen molar-refractivity contribution < 1.29 is 13.9 Å². The molecule has 0 aliphatic carbocycles. The first-order valence-corrected chi connectivity index (χ1v) is 6.76. The van der Waals surface area contributed by atoms with E-state index in [4.69, 9.17) is 15.2 Å². The Bertz CT molecular complexity index is 380. The molecule has 0 unspecified atom stereocenters. The van der Waals surface area contributed by atoms with Crippen molar-refractivity contribution in [2.75, 3.05) is 19.8 Å². The highest BCUT2D eigenvalue weighted by Crippen LogP contribution is 2.20. The van der Waals surface area contributed by atoms with Crippen LogP contribution in [-0.2, 0) is 4.74 Å². The van der Waals surface area contributed by atoms with Crippen molar-refractivity contribution in [2.45, 2.75) is 33.2 Å². The van der Waals surface area contributed by atoms with Gasteiger partial charge in [0.15, 0.2) is 0 Å². The highest BCUT2D eigenvalue weighted by molar-refractivity contribution is 5.30. The number of halogens is 1. The minimum Gasteiger partial charge on any atom is -0.491 e. The maximum atomic E-state index is 13.6. The Kier molecular flexibility index (Phi) is 6.81. The molecule has 0 spiro atoms. The molecule has 1 aromatic carbocycles. The predicted octanol–water partition coefficient (Wildman–Crippen LogP) is 3.29. The van der Waals surface area contributed by atoms with Crippen molar-refractivity contribution in [1.82, 2.24) is 0 Å². The summed E-state index contributed by atoms with van der Waals surface area (Å²) in [4.78, 5) is 0. The van der Waals surface area contributed by atoms with E-state index in [2.05, 4.69) is 13.8 Å². The van der Waals surface area contributed by atoms with E-state index in [0.717, 1.165) is 13.0 Å². The second kappa shape index (κ2) is 8.12. The molecule has 3 nitrogen and oxygen atoms in total. The topological polar surface area (TPSA) is 44.5 Å². The van der Waals surface area contributed by atoms with Crippen molar-refractivity contribution in [2.24, 2.45) is 11.7 Å². The first-order valence-electron chi connectivity index (χ1n) is 6.76. The van der Waals surface area contributed by atoms with Crippen LogP contribution in [0, 0.1) is 11.7 Å². The van der Waals surface area contributed by atoms with Gasteiger partial charge in [0.25, 0.3) is 0 Å². The Hall–Kier alpha value is -1.13. The minimum atomic E-state index is -0.326. The molecule has 0 heterocycles. The lowest BCUT2D eigenvalue weighted by Crippen LogP contribution is -2.10. The van der Waals surface area contributed by atoms with Crippen LogP contribution in [0.1, 0.15) is 38.8 Å². The van der Waals surface area contributed by atoms with Crippen LogP contribution >= 0.6 is 0 Å². The zero-order valence-electron chi connectivity index (χ0n) is 12.0. The standard InChI is InChI=1S/C15H24FNO2/c1-11(2)6-7-18-8-9-19-13-4-5-14(12(3)17)15(16)10-13/h4-5,10-12H,6-9,17H2,1-3H3/t12-/m0/s1. The second-order valence-electron chi connectivity index (χ2n) is 5.12. The minimum absolute atomic E-state index is 0.312. The fraction of sp³-hybridized carbons (Fsp3) is 0.600. The van der Waals surface area contributed by atoms with Crippen LogP contribution in [0.2, 0.25) is 0 Å². The van der Waals surface area contributed by atoms with Gasteiger partial charge in [-0.05, 0) is 25.3 Å². The molecule has 2 N–H and O–H groups in total. The van der Waals surface area contributed by atoms with Gasteiger partial charge < -0.3 is 15.2 Å². The maximum absolute atomic E-state index is 13.6. The normalized spacial score (nSPS) is 12.7. The van der Waals surface area contributed by atoms with E-state index >= 15 is 0 Å². The number of hydrogen-bond donors (Lipinski definition) is 1. The van der Waals surface area contributed by atoms with Crippen LogP contribution in [0.3, 0.4) is 0 Å². The van der Waals surface area contributed by atoms with Crippen LogP contribution in [0.5, 0.6) is 5.75 Å². The van der Waals surface area contributed by atoms with Gasteiger partial charge >= 0.3 is 0 Å². The third kappa shape index (κ3) is 6.03. The molecule has 1 aromatic rings. The smallest absolute Gasteiger partial charge is 0.131 e. The molecule has 1 atom stereocenters. The Morgan fingerprint density at radius 1 is 1.16 bits per heavy atom. The number of ether oxygens (including phenoxy) is 2. The molecule has 0 fully saturated rings. The number of rotatable bonds is 8. The Balaban J connectivity index is 2.28. The largest absolute Gasteiger partial charge is 0.491 e. The molecule has 4 heteroatoms. The summed E-state index contributed by atoms with van der Waals surface area (Å²) in [7, 11) is 0. The molecule has 0 amide bonds. The molecular weight excluding hydrogens is 245 g/mol. The molecule has 0 aromatic heterocycles. The molecule has 1 rings (SSSR count). The molecular formula is C15H24FNO2. The average molecular weight is 269 g/mol. The summed E-state index contributed by atoms with van der Waals surface area (Å²) in [5.74, 6) is 0.823. The van der Waals surface area contributed by atoms with Crippen molar-refractivity contribution in [3.8, 4) is 5.75 Å². The molecule has 0 saturated heterocycles. The Labute approximate surface area is 114 Å². The van der Waals surface area contributed by atoms with Crippen LogP contribution in [-0.4, -0.2) is 19.8 Å². The summed E-state index contributed by atoms with van der Waals surface area (Å²) in [6, 6.07) is 4.45.